The predicted octanol–water partition coefficient (Wildman–Crippen LogP) is 6.49. The van der Waals surface area contributed by atoms with Crippen molar-refractivity contribution < 1.29 is 32.5 Å². The zero-order valence-electron chi connectivity index (χ0n) is 18.8. The first-order chi connectivity index (χ1) is 16.7. The molecule has 0 fully saturated rings. The Labute approximate surface area is 199 Å². The lowest BCUT2D eigenvalue weighted by molar-refractivity contribution is -0.149. The van der Waals surface area contributed by atoms with Crippen LogP contribution in [0.3, 0.4) is 0 Å². The number of aliphatic carboxylic acids is 1. The quantitative estimate of drug-likeness (QED) is 0.312. The third kappa shape index (κ3) is 5.78. The van der Waals surface area contributed by atoms with Crippen LogP contribution in [0.25, 0.3) is 22.0 Å². The van der Waals surface area contributed by atoms with Gasteiger partial charge in [-0.15, -0.1) is 0 Å². The minimum absolute atomic E-state index is 0.0920. The molecule has 1 aromatic heterocycles. The summed E-state index contributed by atoms with van der Waals surface area (Å²) in [5.41, 5.74) is 2.23. The summed E-state index contributed by atoms with van der Waals surface area (Å²) in [6, 6.07) is 20.3. The Hall–Kier alpha value is -3.91. The second-order valence-electron chi connectivity index (χ2n) is 7.98. The van der Waals surface area contributed by atoms with Crippen LogP contribution in [0, 0.1) is 0 Å². The average Bonchev–Trinajstić information content (AvgIpc) is 2.85. The highest BCUT2D eigenvalue weighted by Crippen LogP contribution is 2.37. The summed E-state index contributed by atoms with van der Waals surface area (Å²) < 4.78 is 51.4. The normalized spacial score (nSPS) is 12.5. The highest BCUT2D eigenvalue weighted by molar-refractivity contribution is 5.96. The predicted molar refractivity (Wildman–Crippen MR) is 125 cm³/mol. The smallest absolute Gasteiger partial charge is 0.418 e. The van der Waals surface area contributed by atoms with Gasteiger partial charge in [-0.1, -0.05) is 48.5 Å². The Balaban J connectivity index is 1.49. The van der Waals surface area contributed by atoms with E-state index < -0.39 is 23.8 Å². The Bertz CT molecular complexity index is 1340. The van der Waals surface area contributed by atoms with Gasteiger partial charge in [0.2, 0.25) is 0 Å². The van der Waals surface area contributed by atoms with Gasteiger partial charge in [0.1, 0.15) is 12.4 Å². The van der Waals surface area contributed by atoms with E-state index in [0.29, 0.717) is 22.3 Å². The van der Waals surface area contributed by atoms with Gasteiger partial charge in [-0.3, -0.25) is 4.98 Å². The molecule has 0 bridgehead atoms. The van der Waals surface area contributed by atoms with E-state index in [0.717, 1.165) is 17.2 Å². The van der Waals surface area contributed by atoms with Crippen molar-refractivity contribution in [3.63, 3.8) is 0 Å². The van der Waals surface area contributed by atoms with Crippen LogP contribution in [-0.4, -0.2) is 22.2 Å². The van der Waals surface area contributed by atoms with Crippen molar-refractivity contribution in [2.75, 3.05) is 0 Å². The fraction of sp³-hybridized carbons (Fsp3) is 0.185. The van der Waals surface area contributed by atoms with Crippen LogP contribution < -0.4 is 4.74 Å². The third-order valence-electron chi connectivity index (χ3n) is 5.50. The van der Waals surface area contributed by atoms with Gasteiger partial charge in [0.05, 0.1) is 17.7 Å². The summed E-state index contributed by atoms with van der Waals surface area (Å²) in [6.07, 6.45) is -4.00. The molecule has 0 amide bonds. The van der Waals surface area contributed by atoms with Gasteiger partial charge in [0.15, 0.2) is 6.10 Å². The van der Waals surface area contributed by atoms with Crippen LogP contribution in [0.2, 0.25) is 0 Å². The molecule has 35 heavy (non-hydrogen) atoms. The number of aromatic nitrogens is 1. The fourth-order valence-corrected chi connectivity index (χ4v) is 3.60. The molecule has 1 heterocycles. The van der Waals surface area contributed by atoms with E-state index >= 15 is 0 Å². The number of ether oxygens (including phenoxy) is 2. The van der Waals surface area contributed by atoms with Crippen LogP contribution in [0.1, 0.15) is 23.6 Å². The van der Waals surface area contributed by atoms with E-state index in [1.54, 1.807) is 30.3 Å². The first kappa shape index (κ1) is 24.2. The zero-order valence-corrected chi connectivity index (χ0v) is 18.8. The number of carboxylic acids is 1. The summed E-state index contributed by atoms with van der Waals surface area (Å²) in [4.78, 5) is 14.8. The number of para-hydroxylation sites is 1. The molecule has 4 rings (SSSR count). The van der Waals surface area contributed by atoms with Crippen LogP contribution in [0.5, 0.6) is 5.75 Å². The summed E-state index contributed by atoms with van der Waals surface area (Å²) in [6.45, 7) is 1.95. The number of pyridine rings is 1. The molecule has 0 spiro atoms. The second-order valence-corrected chi connectivity index (χ2v) is 7.98. The number of fused-ring (bicyclic) bond motifs is 1. The first-order valence-corrected chi connectivity index (χ1v) is 10.8. The summed E-state index contributed by atoms with van der Waals surface area (Å²) in [5.74, 6) is -0.445. The molecule has 0 saturated heterocycles. The standard InChI is InChI=1S/C27H22F3NO4/c1-17(26(32)33)34-15-18-8-10-19(11-9-18)16-35-21-5-2-4-20(14-21)22-12-13-31-25-23(22)6-3-7-24(25)27(28,29)30/h2-14,17H,15-16H2,1H3,(H,32,33). The van der Waals surface area contributed by atoms with E-state index in [1.165, 1.54) is 19.2 Å². The van der Waals surface area contributed by atoms with Crippen LogP contribution in [0.15, 0.2) is 79.0 Å². The van der Waals surface area contributed by atoms with Crippen molar-refractivity contribution in [3.8, 4) is 16.9 Å². The minimum atomic E-state index is -4.49. The minimum Gasteiger partial charge on any atom is -0.489 e. The maximum Gasteiger partial charge on any atom is 0.418 e. The van der Waals surface area contributed by atoms with Crippen molar-refractivity contribution in [2.24, 2.45) is 0 Å². The Kier molecular flexibility index (Phi) is 7.02. The highest BCUT2D eigenvalue weighted by atomic mass is 19.4. The van der Waals surface area contributed by atoms with Gasteiger partial charge >= 0.3 is 12.1 Å². The van der Waals surface area contributed by atoms with Gasteiger partial charge in [-0.25, -0.2) is 4.79 Å². The molecule has 4 aromatic rings. The van der Waals surface area contributed by atoms with Gasteiger partial charge in [-0.2, -0.15) is 13.2 Å². The van der Waals surface area contributed by atoms with Crippen molar-refractivity contribution in [1.29, 1.82) is 0 Å². The summed E-state index contributed by atoms with van der Waals surface area (Å²) >= 11 is 0. The molecule has 180 valence electrons. The van der Waals surface area contributed by atoms with Gasteiger partial charge in [-0.05, 0) is 53.4 Å². The topological polar surface area (TPSA) is 68.7 Å². The number of hydrogen-bond donors (Lipinski definition) is 1. The Morgan fingerprint density at radius 3 is 2.34 bits per heavy atom. The SMILES string of the molecule is CC(OCc1ccc(COc2cccc(-c3ccnc4c(C(F)(F)F)cccc34)c2)cc1)C(=O)O. The highest BCUT2D eigenvalue weighted by Gasteiger charge is 2.33. The monoisotopic (exact) mass is 481 g/mol. The zero-order chi connectivity index (χ0) is 25.0. The maximum atomic E-state index is 13.4. The molecule has 5 nitrogen and oxygen atoms in total. The molecule has 0 saturated carbocycles. The number of carboxylic acid groups (broad SMARTS) is 1. The maximum absolute atomic E-state index is 13.4. The Morgan fingerprint density at radius 1 is 0.971 bits per heavy atom. The molecule has 0 radical (unpaired) electrons. The third-order valence-corrected chi connectivity index (χ3v) is 5.50. The molecule has 0 aliphatic heterocycles. The number of carbonyl (C=O) groups is 1. The Morgan fingerprint density at radius 2 is 1.66 bits per heavy atom. The molecule has 0 aliphatic rings. The molecule has 8 heteroatoms. The number of benzene rings is 3. The lowest BCUT2D eigenvalue weighted by atomic mass is 9.99. The summed E-state index contributed by atoms with van der Waals surface area (Å²) in [7, 11) is 0. The van der Waals surface area contributed by atoms with Gasteiger partial charge in [0, 0.05) is 11.6 Å². The molecule has 3 aromatic carbocycles. The van der Waals surface area contributed by atoms with Crippen molar-refractivity contribution >= 4 is 16.9 Å². The molecular formula is C27H22F3NO4. The van der Waals surface area contributed by atoms with Gasteiger partial charge in [0.25, 0.3) is 0 Å². The van der Waals surface area contributed by atoms with Crippen molar-refractivity contribution in [1.82, 2.24) is 4.98 Å². The van der Waals surface area contributed by atoms with Crippen LogP contribution >= 0.6 is 0 Å². The van der Waals surface area contributed by atoms with Gasteiger partial charge < -0.3 is 14.6 Å². The lowest BCUT2D eigenvalue weighted by Gasteiger charge is -2.13. The van der Waals surface area contributed by atoms with Crippen LogP contribution in [0.4, 0.5) is 13.2 Å². The molecule has 1 atom stereocenters. The number of halogens is 3. The van der Waals surface area contributed by atoms with E-state index in [1.807, 2.05) is 30.3 Å². The average molecular weight is 481 g/mol. The first-order valence-electron chi connectivity index (χ1n) is 10.8. The van der Waals surface area contributed by atoms with E-state index in [2.05, 4.69) is 4.98 Å². The van der Waals surface area contributed by atoms with Crippen molar-refractivity contribution in [2.45, 2.75) is 32.4 Å². The number of alkyl halides is 3. The molecular weight excluding hydrogens is 459 g/mol. The molecule has 1 unspecified atom stereocenters. The lowest BCUT2D eigenvalue weighted by Crippen LogP contribution is -2.19. The fourth-order valence-electron chi connectivity index (χ4n) is 3.60. The van der Waals surface area contributed by atoms with E-state index in [4.69, 9.17) is 14.6 Å². The molecule has 1 N–H and O–H groups in total. The number of nitrogens with zero attached hydrogens (tertiary/aromatic N) is 1. The molecule has 0 aliphatic carbocycles. The van der Waals surface area contributed by atoms with E-state index in [-0.39, 0.29) is 18.7 Å². The number of hydrogen-bond acceptors (Lipinski definition) is 4. The second kappa shape index (κ2) is 10.1. The summed E-state index contributed by atoms with van der Waals surface area (Å²) in [5, 5.41) is 9.29. The number of rotatable bonds is 8. The van der Waals surface area contributed by atoms with E-state index in [9.17, 15) is 18.0 Å². The van der Waals surface area contributed by atoms with Crippen LogP contribution in [-0.2, 0) is 28.9 Å². The largest absolute Gasteiger partial charge is 0.489 e. The van der Waals surface area contributed by atoms with Crippen molar-refractivity contribution in [3.05, 3.63) is 95.7 Å².